The Hall–Kier alpha value is -3.93. The van der Waals surface area contributed by atoms with Gasteiger partial charge < -0.3 is 29.8 Å². The maximum absolute atomic E-state index is 13.4. The standard InChI is InChI=1S/C27H32ClN5O7/c1-2-21(33-13-5-8-19(27(33)38)31-25(36)20-15-22(28)40-32-20)26(37)30-17(14-16-11-12-29-24(16)35)9-10-23(34)39-18-6-3-4-7-18/h5,8-10,13,15-18,21H,2-4,6-7,11-12,14H2,1H3,(H,29,35)(H,30,37)(H,31,36)/b10-9+/t16-,17+,21+/m0/s1. The molecule has 2 aromatic heterocycles. The van der Waals surface area contributed by atoms with Crippen LogP contribution >= 0.6 is 11.6 Å². The van der Waals surface area contributed by atoms with E-state index in [0.29, 0.717) is 13.0 Å². The van der Waals surface area contributed by atoms with Gasteiger partial charge in [-0.2, -0.15) is 0 Å². The van der Waals surface area contributed by atoms with Crippen molar-refractivity contribution in [3.8, 4) is 0 Å². The molecule has 2 aromatic rings. The van der Waals surface area contributed by atoms with E-state index >= 15 is 0 Å². The van der Waals surface area contributed by atoms with Crippen LogP contribution in [0.1, 0.15) is 68.4 Å². The molecular weight excluding hydrogens is 542 g/mol. The van der Waals surface area contributed by atoms with Crippen molar-refractivity contribution in [3.05, 3.63) is 57.8 Å². The lowest BCUT2D eigenvalue weighted by atomic mass is 9.97. The van der Waals surface area contributed by atoms with Gasteiger partial charge in [-0.25, -0.2) is 4.79 Å². The molecule has 1 saturated carbocycles. The maximum Gasteiger partial charge on any atom is 0.330 e. The van der Waals surface area contributed by atoms with Crippen LogP contribution in [0.2, 0.25) is 5.22 Å². The number of aromatic nitrogens is 2. The predicted octanol–water partition coefficient (Wildman–Crippen LogP) is 2.75. The fourth-order valence-corrected chi connectivity index (χ4v) is 5.09. The van der Waals surface area contributed by atoms with Crippen LogP contribution in [0.3, 0.4) is 0 Å². The van der Waals surface area contributed by atoms with E-state index < -0.39 is 35.4 Å². The van der Waals surface area contributed by atoms with Gasteiger partial charge in [0.25, 0.3) is 11.5 Å². The van der Waals surface area contributed by atoms with Crippen LogP contribution in [0.25, 0.3) is 0 Å². The van der Waals surface area contributed by atoms with Crippen molar-refractivity contribution in [2.75, 3.05) is 11.9 Å². The van der Waals surface area contributed by atoms with Gasteiger partial charge in [-0.15, -0.1) is 0 Å². The first kappa shape index (κ1) is 29.1. The van der Waals surface area contributed by atoms with Gasteiger partial charge in [-0.05, 0) is 68.7 Å². The fourth-order valence-electron chi connectivity index (χ4n) is 4.95. The van der Waals surface area contributed by atoms with Gasteiger partial charge in [0.15, 0.2) is 5.69 Å². The lowest BCUT2D eigenvalue weighted by Gasteiger charge is -2.23. The molecule has 0 spiro atoms. The van der Waals surface area contributed by atoms with Crippen LogP contribution < -0.4 is 21.5 Å². The second-order valence-electron chi connectivity index (χ2n) is 9.86. The zero-order valence-electron chi connectivity index (χ0n) is 22.1. The van der Waals surface area contributed by atoms with Gasteiger partial charge in [0.05, 0.1) is 0 Å². The van der Waals surface area contributed by atoms with Gasteiger partial charge in [0.1, 0.15) is 17.8 Å². The minimum absolute atomic E-state index is 0.0633. The molecule has 40 heavy (non-hydrogen) atoms. The summed E-state index contributed by atoms with van der Waals surface area (Å²) in [6, 6.07) is 2.57. The van der Waals surface area contributed by atoms with E-state index in [4.69, 9.17) is 16.3 Å². The fraction of sp³-hybridized carbons (Fsp3) is 0.481. The normalized spacial score (nSPS) is 18.9. The first-order valence-corrected chi connectivity index (χ1v) is 13.7. The molecule has 0 radical (unpaired) electrons. The summed E-state index contributed by atoms with van der Waals surface area (Å²) >= 11 is 5.67. The Morgan fingerprint density at radius 2 is 2.05 bits per heavy atom. The van der Waals surface area contributed by atoms with Crippen molar-refractivity contribution in [1.82, 2.24) is 20.4 Å². The summed E-state index contributed by atoms with van der Waals surface area (Å²) in [5.41, 5.74) is -0.775. The molecule has 2 aliphatic rings. The Labute approximate surface area is 235 Å². The molecule has 0 unspecified atom stereocenters. The van der Waals surface area contributed by atoms with E-state index in [1.807, 2.05) is 0 Å². The van der Waals surface area contributed by atoms with Crippen molar-refractivity contribution in [2.24, 2.45) is 5.92 Å². The number of halogens is 1. The molecule has 3 N–H and O–H groups in total. The average Bonchev–Trinajstić information content (AvgIpc) is 3.69. The number of rotatable bonds is 11. The van der Waals surface area contributed by atoms with E-state index in [1.54, 1.807) is 6.92 Å². The zero-order valence-corrected chi connectivity index (χ0v) is 22.8. The largest absolute Gasteiger partial charge is 0.459 e. The summed E-state index contributed by atoms with van der Waals surface area (Å²) in [4.78, 5) is 63.7. The van der Waals surface area contributed by atoms with E-state index in [-0.39, 0.29) is 47.4 Å². The molecule has 0 aromatic carbocycles. The van der Waals surface area contributed by atoms with Crippen LogP contribution in [-0.4, -0.2) is 52.1 Å². The number of hydrogen-bond acceptors (Lipinski definition) is 8. The van der Waals surface area contributed by atoms with Gasteiger partial charge in [0.2, 0.25) is 17.0 Å². The Morgan fingerprint density at radius 1 is 1.27 bits per heavy atom. The number of carbonyl (C=O) groups excluding carboxylic acids is 4. The monoisotopic (exact) mass is 573 g/mol. The molecule has 2 fully saturated rings. The van der Waals surface area contributed by atoms with Gasteiger partial charge >= 0.3 is 5.97 Å². The third-order valence-electron chi connectivity index (χ3n) is 7.04. The molecular formula is C27H32ClN5O7. The lowest BCUT2D eigenvalue weighted by molar-refractivity contribution is -0.142. The summed E-state index contributed by atoms with van der Waals surface area (Å²) in [7, 11) is 0. The van der Waals surface area contributed by atoms with E-state index in [9.17, 15) is 24.0 Å². The van der Waals surface area contributed by atoms with Gasteiger partial charge in [-0.1, -0.05) is 18.2 Å². The SMILES string of the molecule is CC[C@H](C(=O)N[C@H](/C=C/C(=O)OC1CCCC1)C[C@@H]1CCNC1=O)n1cccc(NC(=O)c2cc(Cl)on2)c1=O. The zero-order chi connectivity index (χ0) is 28.6. The molecule has 13 heteroatoms. The van der Waals surface area contributed by atoms with E-state index in [1.165, 1.54) is 41.1 Å². The van der Waals surface area contributed by atoms with Crippen LogP contribution in [0.15, 0.2) is 45.9 Å². The second kappa shape index (κ2) is 13.4. The Bertz CT molecular complexity index is 1330. The number of amides is 3. The molecule has 3 amide bonds. The van der Waals surface area contributed by atoms with Crippen molar-refractivity contribution in [2.45, 2.75) is 70.1 Å². The highest BCUT2D eigenvalue weighted by Gasteiger charge is 2.29. The summed E-state index contributed by atoms with van der Waals surface area (Å²) < 4.78 is 11.4. The Morgan fingerprint density at radius 3 is 2.70 bits per heavy atom. The summed E-state index contributed by atoms with van der Waals surface area (Å²) in [5, 5.41) is 11.6. The summed E-state index contributed by atoms with van der Waals surface area (Å²) in [5.74, 6) is -2.11. The van der Waals surface area contributed by atoms with Crippen molar-refractivity contribution in [1.29, 1.82) is 0 Å². The number of pyridine rings is 1. The predicted molar refractivity (Wildman–Crippen MR) is 145 cm³/mol. The minimum atomic E-state index is -0.926. The molecule has 1 aliphatic carbocycles. The highest BCUT2D eigenvalue weighted by atomic mass is 35.5. The number of anilines is 1. The second-order valence-corrected chi connectivity index (χ2v) is 10.2. The Kier molecular flexibility index (Phi) is 9.75. The van der Waals surface area contributed by atoms with Crippen molar-refractivity contribution < 1.29 is 28.4 Å². The number of nitrogens with one attached hydrogen (secondary N) is 3. The Balaban J connectivity index is 1.48. The third-order valence-corrected chi connectivity index (χ3v) is 7.22. The first-order valence-electron chi connectivity index (χ1n) is 13.4. The van der Waals surface area contributed by atoms with Gasteiger partial charge in [-0.3, -0.25) is 19.2 Å². The quantitative estimate of drug-likeness (QED) is 0.273. The highest BCUT2D eigenvalue weighted by Crippen LogP contribution is 2.22. The molecule has 12 nitrogen and oxygen atoms in total. The molecule has 214 valence electrons. The van der Waals surface area contributed by atoms with Crippen LogP contribution in [-0.2, 0) is 19.1 Å². The summed E-state index contributed by atoms with van der Waals surface area (Å²) in [6.45, 7) is 2.29. The van der Waals surface area contributed by atoms with Crippen LogP contribution in [0, 0.1) is 5.92 Å². The highest BCUT2D eigenvalue weighted by molar-refractivity contribution is 6.29. The molecule has 4 rings (SSSR count). The molecule has 0 bridgehead atoms. The van der Waals surface area contributed by atoms with E-state index in [2.05, 4.69) is 25.6 Å². The van der Waals surface area contributed by atoms with Crippen molar-refractivity contribution in [3.63, 3.8) is 0 Å². The molecule has 1 saturated heterocycles. The number of ether oxygens (including phenoxy) is 1. The smallest absolute Gasteiger partial charge is 0.330 e. The molecule has 3 heterocycles. The van der Waals surface area contributed by atoms with Crippen LogP contribution in [0.4, 0.5) is 5.69 Å². The number of esters is 1. The maximum atomic E-state index is 13.4. The number of nitrogens with zero attached hydrogens (tertiary/aromatic N) is 2. The summed E-state index contributed by atoms with van der Waals surface area (Å²) in [6.07, 6.45) is 9.04. The minimum Gasteiger partial charge on any atom is -0.459 e. The van der Waals surface area contributed by atoms with Gasteiger partial charge in [0, 0.05) is 36.8 Å². The van der Waals surface area contributed by atoms with E-state index in [0.717, 1.165) is 25.7 Å². The lowest BCUT2D eigenvalue weighted by Crippen LogP contribution is -2.43. The number of carbonyl (C=O) groups is 4. The topological polar surface area (TPSA) is 162 Å². The number of hydrogen-bond donors (Lipinski definition) is 3. The first-order chi connectivity index (χ1) is 19.2. The third kappa shape index (κ3) is 7.38. The van der Waals surface area contributed by atoms with Crippen molar-refractivity contribution >= 4 is 41.0 Å². The molecule has 1 aliphatic heterocycles. The average molecular weight is 574 g/mol. The molecule has 3 atom stereocenters. The van der Waals surface area contributed by atoms with Crippen LogP contribution in [0.5, 0.6) is 0 Å².